The minimum atomic E-state index is -3.53. The molecular formula is C23H24FN3O6S. The Balaban J connectivity index is 1.80. The molecule has 0 bridgehead atoms. The van der Waals surface area contributed by atoms with Crippen LogP contribution < -0.4 is 10.3 Å². The van der Waals surface area contributed by atoms with Gasteiger partial charge in [0.1, 0.15) is 11.4 Å². The lowest BCUT2D eigenvalue weighted by molar-refractivity contribution is -0.236. The number of nitrogens with zero attached hydrogens (tertiary/aromatic N) is 2. The Morgan fingerprint density at radius 3 is 2.74 bits per heavy atom. The van der Waals surface area contributed by atoms with Crippen molar-refractivity contribution in [2.75, 3.05) is 6.26 Å². The van der Waals surface area contributed by atoms with Crippen LogP contribution in [0.15, 0.2) is 23.0 Å². The molecule has 180 valence electrons. The fourth-order valence-electron chi connectivity index (χ4n) is 4.81. The van der Waals surface area contributed by atoms with Gasteiger partial charge in [0.25, 0.3) is 5.56 Å². The number of benzene rings is 1. The minimum absolute atomic E-state index is 0.0611. The first-order valence-corrected chi connectivity index (χ1v) is 12.7. The molecule has 3 aromatic rings. The van der Waals surface area contributed by atoms with E-state index in [1.165, 1.54) is 10.6 Å². The lowest BCUT2D eigenvalue weighted by Crippen LogP contribution is -2.47. The molecule has 2 aliphatic rings. The number of hydrogen-bond donors (Lipinski definition) is 3. The second kappa shape index (κ2) is 7.65. The summed E-state index contributed by atoms with van der Waals surface area (Å²) in [5, 5.41) is 22.0. The average Bonchev–Trinajstić information content (AvgIpc) is 3.13. The molecule has 0 saturated carbocycles. The van der Waals surface area contributed by atoms with Crippen molar-refractivity contribution in [1.29, 1.82) is 0 Å². The molecule has 0 radical (unpaired) electrons. The van der Waals surface area contributed by atoms with Crippen molar-refractivity contribution in [3.63, 3.8) is 0 Å². The number of sulfonamides is 1. The van der Waals surface area contributed by atoms with Gasteiger partial charge in [0.2, 0.25) is 10.0 Å². The zero-order valence-corrected chi connectivity index (χ0v) is 19.7. The number of fused-ring (bicyclic) bond motifs is 5. The van der Waals surface area contributed by atoms with E-state index in [0.717, 1.165) is 6.26 Å². The van der Waals surface area contributed by atoms with Crippen LogP contribution in [0.1, 0.15) is 41.2 Å². The van der Waals surface area contributed by atoms with Gasteiger partial charge in [-0.1, -0.05) is 6.92 Å². The molecule has 2 aliphatic heterocycles. The molecule has 34 heavy (non-hydrogen) atoms. The zero-order chi connectivity index (χ0) is 24.6. The number of aryl methyl sites for hydroxylation is 1. The molecule has 2 atom stereocenters. The second-order valence-corrected chi connectivity index (χ2v) is 10.7. The summed E-state index contributed by atoms with van der Waals surface area (Å²) in [5.41, 5.74) is 1.09. The van der Waals surface area contributed by atoms with Crippen LogP contribution in [0, 0.1) is 12.7 Å². The van der Waals surface area contributed by atoms with Gasteiger partial charge in [-0.3, -0.25) is 4.79 Å². The highest BCUT2D eigenvalue weighted by atomic mass is 32.2. The van der Waals surface area contributed by atoms with E-state index in [9.17, 15) is 27.8 Å². The first-order valence-electron chi connectivity index (χ1n) is 10.8. The van der Waals surface area contributed by atoms with Gasteiger partial charge in [-0.05, 0) is 36.6 Å². The number of aliphatic hydroxyl groups is 2. The van der Waals surface area contributed by atoms with Gasteiger partial charge >= 0.3 is 0 Å². The Hall–Kier alpha value is -2.70. The number of halogens is 1. The monoisotopic (exact) mass is 489 g/mol. The first-order chi connectivity index (χ1) is 15.9. The maximum absolute atomic E-state index is 14.4. The van der Waals surface area contributed by atoms with Crippen molar-refractivity contribution in [3.05, 3.63) is 62.2 Å². The highest BCUT2D eigenvalue weighted by Gasteiger charge is 2.44. The van der Waals surface area contributed by atoms with Crippen LogP contribution in [0.5, 0.6) is 0 Å². The molecule has 11 heteroatoms. The molecular weight excluding hydrogens is 465 g/mol. The summed E-state index contributed by atoms with van der Waals surface area (Å²) in [6, 6.07) is 4.52. The molecule has 0 saturated heterocycles. The summed E-state index contributed by atoms with van der Waals surface area (Å²) in [5.74, 6) is -0.455. The van der Waals surface area contributed by atoms with Crippen molar-refractivity contribution >= 4 is 20.9 Å². The third-order valence-electron chi connectivity index (χ3n) is 6.75. The predicted molar refractivity (Wildman–Crippen MR) is 122 cm³/mol. The SMILES string of the molecule is CC[C@]1(O)c2cc3n(c(=O)c2COC1O)Cc1c-3nc2cc(F)c(C)cc2c1CNS(C)(=O)=O. The molecule has 9 nitrogen and oxygen atoms in total. The van der Waals surface area contributed by atoms with Gasteiger partial charge in [-0.2, -0.15) is 0 Å². The van der Waals surface area contributed by atoms with Gasteiger partial charge in [-0.25, -0.2) is 22.5 Å². The standard InChI is InChI=1S/C23H24FN3O6S/c1-4-23(30)16-6-19-20-14(9-27(19)21(28)15(16)10-33-22(23)29)13(8-25-34(3,31)32)12-5-11(2)17(24)7-18(12)26-20/h5-7,22,25,29-30H,4,8-10H2,1-3H3/t22?,23-/m0/s1. The van der Waals surface area contributed by atoms with Crippen molar-refractivity contribution in [2.45, 2.75) is 51.9 Å². The van der Waals surface area contributed by atoms with Crippen molar-refractivity contribution in [2.24, 2.45) is 0 Å². The van der Waals surface area contributed by atoms with Crippen molar-refractivity contribution in [1.82, 2.24) is 14.3 Å². The molecule has 5 rings (SSSR count). The number of ether oxygens (including phenoxy) is 1. The summed E-state index contributed by atoms with van der Waals surface area (Å²) in [6.45, 7) is 3.20. The third kappa shape index (κ3) is 3.38. The molecule has 0 amide bonds. The smallest absolute Gasteiger partial charge is 0.257 e. The molecule has 1 aromatic carbocycles. The molecule has 0 aliphatic carbocycles. The number of hydrogen-bond acceptors (Lipinski definition) is 7. The Kier molecular flexibility index (Phi) is 5.19. The van der Waals surface area contributed by atoms with Crippen molar-refractivity contribution in [3.8, 4) is 11.4 Å². The summed E-state index contributed by atoms with van der Waals surface area (Å²) < 4.78 is 47.3. The van der Waals surface area contributed by atoms with E-state index in [1.54, 1.807) is 26.0 Å². The lowest BCUT2D eigenvalue weighted by atomic mass is 9.85. The molecule has 4 heterocycles. The quantitative estimate of drug-likeness (QED) is 0.395. The fraction of sp³-hybridized carbons (Fsp3) is 0.391. The number of nitrogens with one attached hydrogen (secondary N) is 1. The number of aromatic nitrogens is 2. The largest absolute Gasteiger partial charge is 0.380 e. The fourth-order valence-corrected chi connectivity index (χ4v) is 5.22. The van der Waals surface area contributed by atoms with Gasteiger partial charge in [0.15, 0.2) is 6.29 Å². The first kappa shape index (κ1) is 23.1. The molecule has 3 N–H and O–H groups in total. The van der Waals surface area contributed by atoms with E-state index < -0.39 is 33.3 Å². The van der Waals surface area contributed by atoms with Gasteiger partial charge < -0.3 is 19.5 Å². The molecule has 2 aromatic heterocycles. The van der Waals surface area contributed by atoms with Crippen molar-refractivity contribution < 1.29 is 27.8 Å². The van der Waals surface area contributed by atoms with Crippen LogP contribution in [-0.2, 0) is 40.1 Å². The van der Waals surface area contributed by atoms with E-state index in [4.69, 9.17) is 4.74 Å². The number of aliphatic hydroxyl groups excluding tert-OH is 1. The van der Waals surface area contributed by atoms with Gasteiger partial charge in [-0.15, -0.1) is 0 Å². The predicted octanol–water partition coefficient (Wildman–Crippen LogP) is 1.37. The molecule has 0 spiro atoms. The summed E-state index contributed by atoms with van der Waals surface area (Å²) in [6.07, 6.45) is -0.341. The van der Waals surface area contributed by atoms with Crippen LogP contribution in [-0.4, -0.2) is 40.7 Å². The highest BCUT2D eigenvalue weighted by Crippen LogP contribution is 2.41. The maximum Gasteiger partial charge on any atom is 0.257 e. The van der Waals surface area contributed by atoms with E-state index >= 15 is 0 Å². The summed E-state index contributed by atoms with van der Waals surface area (Å²) >= 11 is 0. The average molecular weight is 490 g/mol. The Morgan fingerprint density at radius 1 is 1.32 bits per heavy atom. The van der Waals surface area contributed by atoms with Gasteiger partial charge in [0.05, 0.1) is 36.3 Å². The number of rotatable bonds is 4. The van der Waals surface area contributed by atoms with Crippen LogP contribution >= 0.6 is 0 Å². The molecule has 1 unspecified atom stereocenters. The van der Waals surface area contributed by atoms with Crippen LogP contribution in [0.2, 0.25) is 0 Å². The van der Waals surface area contributed by atoms with E-state index in [0.29, 0.717) is 39.0 Å². The zero-order valence-electron chi connectivity index (χ0n) is 18.8. The summed E-state index contributed by atoms with van der Waals surface area (Å²) in [7, 11) is -3.53. The van der Waals surface area contributed by atoms with Crippen LogP contribution in [0.3, 0.4) is 0 Å². The van der Waals surface area contributed by atoms with Crippen LogP contribution in [0.25, 0.3) is 22.3 Å². The topological polar surface area (TPSA) is 131 Å². The second-order valence-electron chi connectivity index (χ2n) is 8.88. The Morgan fingerprint density at radius 2 is 2.06 bits per heavy atom. The Labute approximate surface area is 194 Å². The third-order valence-corrected chi connectivity index (χ3v) is 7.42. The highest BCUT2D eigenvalue weighted by molar-refractivity contribution is 7.88. The Bertz CT molecular complexity index is 1530. The molecule has 0 fully saturated rings. The van der Waals surface area contributed by atoms with Gasteiger partial charge in [0, 0.05) is 34.7 Å². The lowest BCUT2D eigenvalue weighted by Gasteiger charge is -2.37. The number of pyridine rings is 2. The minimum Gasteiger partial charge on any atom is -0.380 e. The van der Waals surface area contributed by atoms with Crippen LogP contribution in [0.4, 0.5) is 4.39 Å². The van der Waals surface area contributed by atoms with E-state index in [-0.39, 0.29) is 37.2 Å². The van der Waals surface area contributed by atoms with E-state index in [2.05, 4.69) is 9.71 Å². The normalized spacial score (nSPS) is 21.4. The maximum atomic E-state index is 14.4. The van der Waals surface area contributed by atoms with E-state index in [1.807, 2.05) is 0 Å². The summed E-state index contributed by atoms with van der Waals surface area (Å²) in [4.78, 5) is 18.0.